The van der Waals surface area contributed by atoms with E-state index in [2.05, 4.69) is 9.71 Å². The smallest absolute Gasteiger partial charge is 0.209 e. The lowest BCUT2D eigenvalue weighted by Gasteiger charge is -2.10. The standard InChI is InChI=1S/C13H16N2O2S2/c1-9-12(10(2)15-19(3,16)17)18-13(14-9)11-7-5-4-6-8-11/h4-8,10,15H,1-3H3/t10-/m1/s1. The number of thiazole rings is 1. The van der Waals surface area contributed by atoms with Crippen molar-refractivity contribution in [3.8, 4) is 10.6 Å². The van der Waals surface area contributed by atoms with Crippen molar-refractivity contribution in [2.45, 2.75) is 19.9 Å². The van der Waals surface area contributed by atoms with Gasteiger partial charge in [0.1, 0.15) is 5.01 Å². The van der Waals surface area contributed by atoms with Crippen LogP contribution in [-0.2, 0) is 10.0 Å². The zero-order valence-electron chi connectivity index (χ0n) is 11.0. The number of benzene rings is 1. The van der Waals surface area contributed by atoms with E-state index in [9.17, 15) is 8.42 Å². The second kappa shape index (κ2) is 5.40. The summed E-state index contributed by atoms with van der Waals surface area (Å²) in [6.45, 7) is 3.73. The summed E-state index contributed by atoms with van der Waals surface area (Å²) in [6.07, 6.45) is 1.16. The van der Waals surface area contributed by atoms with Gasteiger partial charge in [-0.2, -0.15) is 0 Å². The highest BCUT2D eigenvalue weighted by atomic mass is 32.2. The first-order valence-corrected chi connectivity index (χ1v) is 8.57. The number of sulfonamides is 1. The predicted octanol–water partition coefficient (Wildman–Crippen LogP) is 2.73. The minimum Gasteiger partial charge on any atom is -0.241 e. The summed E-state index contributed by atoms with van der Waals surface area (Å²) in [7, 11) is -3.21. The fourth-order valence-electron chi connectivity index (χ4n) is 1.89. The number of hydrogen-bond acceptors (Lipinski definition) is 4. The van der Waals surface area contributed by atoms with Gasteiger partial charge in [-0.1, -0.05) is 30.3 Å². The molecule has 0 fully saturated rings. The molecule has 1 atom stereocenters. The Labute approximate surface area is 117 Å². The van der Waals surface area contributed by atoms with Crippen molar-refractivity contribution in [1.82, 2.24) is 9.71 Å². The molecule has 0 aliphatic rings. The van der Waals surface area contributed by atoms with Crippen molar-refractivity contribution in [3.05, 3.63) is 40.9 Å². The Hall–Kier alpha value is -1.24. The molecule has 19 heavy (non-hydrogen) atoms. The van der Waals surface area contributed by atoms with E-state index < -0.39 is 10.0 Å². The molecule has 0 saturated carbocycles. The zero-order chi connectivity index (χ0) is 14.0. The van der Waals surface area contributed by atoms with Crippen LogP contribution in [0.2, 0.25) is 0 Å². The third kappa shape index (κ3) is 3.62. The molecule has 1 heterocycles. The Bertz CT molecular complexity index is 663. The minimum atomic E-state index is -3.21. The molecule has 0 radical (unpaired) electrons. The lowest BCUT2D eigenvalue weighted by molar-refractivity contribution is 0.574. The maximum atomic E-state index is 11.3. The summed E-state index contributed by atoms with van der Waals surface area (Å²) in [5.74, 6) is 0. The third-order valence-electron chi connectivity index (χ3n) is 2.64. The molecular weight excluding hydrogens is 280 g/mol. The molecule has 0 amide bonds. The largest absolute Gasteiger partial charge is 0.241 e. The van der Waals surface area contributed by atoms with E-state index in [1.807, 2.05) is 44.2 Å². The predicted molar refractivity (Wildman–Crippen MR) is 78.7 cm³/mol. The van der Waals surface area contributed by atoms with Crippen LogP contribution in [0.1, 0.15) is 23.5 Å². The molecule has 0 unspecified atom stereocenters. The summed E-state index contributed by atoms with van der Waals surface area (Å²) < 4.78 is 25.1. The van der Waals surface area contributed by atoms with Crippen LogP contribution in [0.15, 0.2) is 30.3 Å². The Balaban J connectivity index is 2.32. The number of rotatable bonds is 4. The van der Waals surface area contributed by atoms with E-state index in [1.54, 1.807) is 0 Å². The number of aromatic nitrogens is 1. The van der Waals surface area contributed by atoms with Crippen LogP contribution >= 0.6 is 11.3 Å². The molecule has 2 aromatic rings. The molecule has 1 N–H and O–H groups in total. The molecule has 102 valence electrons. The second-order valence-corrected chi connectivity index (χ2v) is 7.26. The zero-order valence-corrected chi connectivity index (χ0v) is 12.7. The quantitative estimate of drug-likeness (QED) is 0.943. The van der Waals surface area contributed by atoms with Gasteiger partial charge in [0.15, 0.2) is 0 Å². The first kappa shape index (κ1) is 14.2. The van der Waals surface area contributed by atoms with Gasteiger partial charge in [0.2, 0.25) is 10.0 Å². The Kier molecular flexibility index (Phi) is 4.03. The molecule has 0 aliphatic carbocycles. The van der Waals surface area contributed by atoms with Gasteiger partial charge in [0.05, 0.1) is 18.0 Å². The van der Waals surface area contributed by atoms with E-state index in [0.717, 1.165) is 27.4 Å². The number of nitrogens with zero attached hydrogens (tertiary/aromatic N) is 1. The normalized spacial score (nSPS) is 13.4. The second-order valence-electron chi connectivity index (χ2n) is 4.45. The van der Waals surface area contributed by atoms with E-state index in [0.29, 0.717) is 0 Å². The van der Waals surface area contributed by atoms with Crippen LogP contribution in [0.4, 0.5) is 0 Å². The third-order valence-corrected chi connectivity index (χ3v) is 4.81. The molecule has 6 heteroatoms. The minimum absolute atomic E-state index is 0.259. The van der Waals surface area contributed by atoms with Crippen LogP contribution < -0.4 is 4.72 Å². The van der Waals surface area contributed by atoms with Crippen molar-refractivity contribution in [2.75, 3.05) is 6.26 Å². The first-order valence-electron chi connectivity index (χ1n) is 5.87. The molecule has 0 saturated heterocycles. The number of nitrogens with one attached hydrogen (secondary N) is 1. The van der Waals surface area contributed by atoms with Gasteiger partial charge >= 0.3 is 0 Å². The van der Waals surface area contributed by atoms with E-state index in [1.165, 1.54) is 11.3 Å². The van der Waals surface area contributed by atoms with Crippen LogP contribution in [-0.4, -0.2) is 19.7 Å². The summed E-state index contributed by atoms with van der Waals surface area (Å²) in [6, 6.07) is 9.62. The van der Waals surface area contributed by atoms with Gasteiger partial charge in [-0.05, 0) is 13.8 Å². The van der Waals surface area contributed by atoms with E-state index in [-0.39, 0.29) is 6.04 Å². The molecular formula is C13H16N2O2S2. The topological polar surface area (TPSA) is 59.1 Å². The van der Waals surface area contributed by atoms with Crippen molar-refractivity contribution in [2.24, 2.45) is 0 Å². The van der Waals surface area contributed by atoms with Gasteiger partial charge in [-0.25, -0.2) is 18.1 Å². The van der Waals surface area contributed by atoms with Crippen molar-refractivity contribution >= 4 is 21.4 Å². The van der Waals surface area contributed by atoms with Gasteiger partial charge in [0.25, 0.3) is 0 Å². The lowest BCUT2D eigenvalue weighted by atomic mass is 10.2. The van der Waals surface area contributed by atoms with E-state index >= 15 is 0 Å². The molecule has 2 rings (SSSR count). The van der Waals surface area contributed by atoms with Gasteiger partial charge in [-0.3, -0.25) is 0 Å². The molecule has 0 aliphatic heterocycles. The fraction of sp³-hybridized carbons (Fsp3) is 0.308. The average molecular weight is 296 g/mol. The molecule has 4 nitrogen and oxygen atoms in total. The van der Waals surface area contributed by atoms with Crippen LogP contribution in [0.5, 0.6) is 0 Å². The van der Waals surface area contributed by atoms with Crippen molar-refractivity contribution < 1.29 is 8.42 Å². The summed E-state index contributed by atoms with van der Waals surface area (Å²) in [4.78, 5) is 5.46. The highest BCUT2D eigenvalue weighted by Crippen LogP contribution is 2.31. The van der Waals surface area contributed by atoms with Gasteiger partial charge in [0, 0.05) is 10.4 Å². The maximum absolute atomic E-state index is 11.3. The van der Waals surface area contributed by atoms with Crippen LogP contribution in [0, 0.1) is 6.92 Å². The fourth-order valence-corrected chi connectivity index (χ4v) is 3.80. The van der Waals surface area contributed by atoms with Gasteiger partial charge < -0.3 is 0 Å². The monoisotopic (exact) mass is 296 g/mol. The molecule has 0 bridgehead atoms. The number of aryl methyl sites for hydroxylation is 1. The molecule has 1 aromatic heterocycles. The highest BCUT2D eigenvalue weighted by molar-refractivity contribution is 7.88. The summed E-state index contributed by atoms with van der Waals surface area (Å²) in [5.41, 5.74) is 1.92. The first-order chi connectivity index (χ1) is 8.87. The van der Waals surface area contributed by atoms with Gasteiger partial charge in [-0.15, -0.1) is 11.3 Å². The summed E-state index contributed by atoms with van der Waals surface area (Å²) >= 11 is 1.52. The SMILES string of the molecule is Cc1nc(-c2ccccc2)sc1[C@@H](C)NS(C)(=O)=O. The van der Waals surface area contributed by atoms with Crippen molar-refractivity contribution in [3.63, 3.8) is 0 Å². The van der Waals surface area contributed by atoms with Crippen molar-refractivity contribution in [1.29, 1.82) is 0 Å². The Morgan fingerprint density at radius 3 is 2.47 bits per heavy atom. The maximum Gasteiger partial charge on any atom is 0.209 e. The molecule has 0 spiro atoms. The van der Waals surface area contributed by atoms with Crippen LogP contribution in [0.3, 0.4) is 0 Å². The Morgan fingerprint density at radius 2 is 1.89 bits per heavy atom. The van der Waals surface area contributed by atoms with Crippen LogP contribution in [0.25, 0.3) is 10.6 Å². The van der Waals surface area contributed by atoms with E-state index in [4.69, 9.17) is 0 Å². The molecule has 1 aromatic carbocycles. The highest BCUT2D eigenvalue weighted by Gasteiger charge is 2.17. The summed E-state index contributed by atoms with van der Waals surface area (Å²) in [5, 5.41) is 0.912. The average Bonchev–Trinajstić information content (AvgIpc) is 2.70. The lowest BCUT2D eigenvalue weighted by Crippen LogP contribution is -2.25. The Morgan fingerprint density at radius 1 is 1.26 bits per heavy atom. The number of hydrogen-bond donors (Lipinski definition) is 1.